The van der Waals surface area contributed by atoms with Crippen LogP contribution in [0.5, 0.6) is 5.75 Å². The van der Waals surface area contributed by atoms with E-state index in [4.69, 9.17) is 15.5 Å². The molecule has 2 aromatic rings. The fourth-order valence-corrected chi connectivity index (χ4v) is 1.07. The summed E-state index contributed by atoms with van der Waals surface area (Å²) in [6, 6.07) is 5.98. The van der Waals surface area contributed by atoms with Crippen molar-refractivity contribution < 1.29 is 39.4 Å². The molecule has 0 unspecified atom stereocenters. The van der Waals surface area contributed by atoms with E-state index in [0.717, 1.165) is 0 Å². The van der Waals surface area contributed by atoms with Gasteiger partial charge in [0.15, 0.2) is 6.20 Å². The SMILES string of the molecule is CC(=O)Oc1ccccc1C(=O)O.ON=NO.[O-][n+]1ccno1. The Bertz CT molecular complexity index is 625. The number of aromatic nitrogens is 2. The highest BCUT2D eigenvalue weighted by atomic mass is 16.8. The number of carbonyl (C=O) groups excluding carboxylic acids is 1. The molecule has 0 saturated heterocycles. The molecule has 0 aliphatic rings. The van der Waals surface area contributed by atoms with Gasteiger partial charge in [0.25, 0.3) is 0 Å². The molecule has 0 radical (unpaired) electrons. The molecule has 3 N–H and O–H groups in total. The average molecular weight is 328 g/mol. The Balaban J connectivity index is 0.000000398. The van der Waals surface area contributed by atoms with Crippen LogP contribution in [-0.4, -0.2) is 32.6 Å². The molecule has 0 spiro atoms. The molecule has 0 fully saturated rings. The summed E-state index contributed by atoms with van der Waals surface area (Å²) in [5.74, 6) is -1.58. The molecule has 2 rings (SSSR count). The van der Waals surface area contributed by atoms with Crippen LogP contribution in [0.25, 0.3) is 0 Å². The largest absolute Gasteiger partial charge is 0.478 e. The van der Waals surface area contributed by atoms with Crippen LogP contribution < -0.4 is 9.64 Å². The van der Waals surface area contributed by atoms with Crippen LogP contribution in [0, 0.1) is 5.21 Å². The molecule has 0 saturated carbocycles. The van der Waals surface area contributed by atoms with Gasteiger partial charge in [0.1, 0.15) is 11.3 Å². The van der Waals surface area contributed by atoms with Crippen LogP contribution in [0.3, 0.4) is 0 Å². The number of aromatic carboxylic acids is 1. The van der Waals surface area contributed by atoms with E-state index in [1.807, 2.05) is 10.6 Å². The molecule has 0 aliphatic heterocycles. The number of rotatable bonds is 2. The van der Waals surface area contributed by atoms with Crippen LogP contribution in [0.15, 0.2) is 51.8 Å². The minimum atomic E-state index is -1.11. The van der Waals surface area contributed by atoms with Gasteiger partial charge in [-0.1, -0.05) is 12.1 Å². The lowest BCUT2D eigenvalue weighted by Crippen LogP contribution is -2.20. The molecular formula is C11H12N4O8. The monoisotopic (exact) mass is 328 g/mol. The smallest absolute Gasteiger partial charge is 0.339 e. The van der Waals surface area contributed by atoms with E-state index in [1.54, 1.807) is 12.1 Å². The maximum Gasteiger partial charge on any atom is 0.339 e. The Morgan fingerprint density at radius 2 is 1.91 bits per heavy atom. The fraction of sp³-hybridized carbons (Fsp3) is 0.0909. The highest BCUT2D eigenvalue weighted by molar-refractivity contribution is 5.91. The second-order valence-corrected chi connectivity index (χ2v) is 3.34. The quantitative estimate of drug-likeness (QED) is 0.236. The molecule has 0 bridgehead atoms. The fourth-order valence-electron chi connectivity index (χ4n) is 1.07. The molecule has 0 aliphatic carbocycles. The van der Waals surface area contributed by atoms with Gasteiger partial charge in [0.05, 0.1) is 10.6 Å². The van der Waals surface area contributed by atoms with Crippen molar-refractivity contribution in [1.82, 2.24) is 5.16 Å². The van der Waals surface area contributed by atoms with E-state index in [1.165, 1.54) is 31.5 Å². The van der Waals surface area contributed by atoms with Crippen LogP contribution in [0.4, 0.5) is 0 Å². The minimum Gasteiger partial charge on any atom is -0.478 e. The third-order valence-corrected chi connectivity index (χ3v) is 1.79. The predicted molar refractivity (Wildman–Crippen MR) is 68.6 cm³/mol. The van der Waals surface area contributed by atoms with E-state index in [0.29, 0.717) is 0 Å². The van der Waals surface area contributed by atoms with Crippen molar-refractivity contribution in [3.63, 3.8) is 0 Å². The standard InChI is InChI=1S/C9H8O4.C2H2N2O2.H2N2O2/c1-6(10)13-8-5-3-2-4-7(8)9(11)12;5-4-2-1-3-6-4;3-1-2-4/h2-5H,1H3,(H,11,12);1-2H;(H,1,4)(H,2,3). The summed E-state index contributed by atoms with van der Waals surface area (Å²) in [6.45, 7) is 1.22. The predicted octanol–water partition coefficient (Wildman–Crippen LogP) is 0.835. The zero-order valence-electron chi connectivity index (χ0n) is 11.6. The molecule has 12 nitrogen and oxygen atoms in total. The van der Waals surface area contributed by atoms with Gasteiger partial charge < -0.3 is 25.5 Å². The molecule has 1 aromatic carbocycles. The van der Waals surface area contributed by atoms with Crippen molar-refractivity contribution in [3.05, 3.63) is 47.4 Å². The maximum atomic E-state index is 10.6. The molecule has 1 heterocycles. The normalized spacial score (nSPS) is 9.09. The van der Waals surface area contributed by atoms with E-state index < -0.39 is 11.9 Å². The van der Waals surface area contributed by atoms with Crippen LogP contribution in [-0.2, 0) is 4.79 Å². The number of benzene rings is 1. The number of hydrogen-bond acceptors (Lipinski definition) is 8. The molecule has 124 valence electrons. The lowest BCUT2D eigenvalue weighted by Gasteiger charge is -2.03. The molecular weight excluding hydrogens is 316 g/mol. The number of para-hydroxylation sites is 1. The first-order valence-corrected chi connectivity index (χ1v) is 5.61. The molecule has 23 heavy (non-hydrogen) atoms. The van der Waals surface area contributed by atoms with Crippen LogP contribution in [0.1, 0.15) is 17.3 Å². The van der Waals surface area contributed by atoms with Crippen molar-refractivity contribution in [2.24, 2.45) is 10.6 Å². The minimum absolute atomic E-state index is 0.0160. The van der Waals surface area contributed by atoms with Gasteiger partial charge in [0, 0.05) is 12.1 Å². The van der Waals surface area contributed by atoms with E-state index in [9.17, 15) is 14.8 Å². The number of carbonyl (C=O) groups is 2. The molecule has 0 amide bonds. The van der Waals surface area contributed by atoms with Gasteiger partial charge >= 0.3 is 11.9 Å². The van der Waals surface area contributed by atoms with Crippen molar-refractivity contribution >= 4 is 11.9 Å². The highest BCUT2D eigenvalue weighted by Gasteiger charge is 2.10. The summed E-state index contributed by atoms with van der Waals surface area (Å²) in [5.41, 5.74) is -0.0160. The zero-order valence-corrected chi connectivity index (χ0v) is 11.6. The number of nitrogens with zero attached hydrogens (tertiary/aromatic N) is 4. The zero-order chi connectivity index (χ0) is 17.7. The van der Waals surface area contributed by atoms with Gasteiger partial charge in [-0.2, -0.15) is 0 Å². The highest BCUT2D eigenvalue weighted by Crippen LogP contribution is 2.17. The number of esters is 1. The van der Waals surface area contributed by atoms with Crippen molar-refractivity contribution in [2.45, 2.75) is 6.92 Å². The summed E-state index contributed by atoms with van der Waals surface area (Å²) in [7, 11) is 0. The third kappa shape index (κ3) is 8.96. The Hall–Kier alpha value is -3.70. The molecule has 12 heteroatoms. The number of hydrogen-bond donors (Lipinski definition) is 3. The molecule has 0 atom stereocenters. The van der Waals surface area contributed by atoms with Gasteiger partial charge in [-0.3, -0.25) is 9.42 Å². The summed E-state index contributed by atoms with van der Waals surface area (Å²) in [4.78, 5) is 21.4. The first kappa shape index (κ1) is 19.3. The van der Waals surface area contributed by atoms with Gasteiger partial charge in [0.2, 0.25) is 6.20 Å². The second kappa shape index (κ2) is 11.0. The van der Waals surface area contributed by atoms with Crippen LogP contribution >= 0.6 is 0 Å². The second-order valence-electron chi connectivity index (χ2n) is 3.34. The average Bonchev–Trinajstić information content (AvgIpc) is 2.99. The lowest BCUT2D eigenvalue weighted by atomic mass is 10.2. The van der Waals surface area contributed by atoms with Gasteiger partial charge in [-0.05, 0) is 17.0 Å². The van der Waals surface area contributed by atoms with Crippen molar-refractivity contribution in [3.8, 4) is 5.75 Å². The summed E-state index contributed by atoms with van der Waals surface area (Å²) < 4.78 is 8.63. The van der Waals surface area contributed by atoms with Gasteiger partial charge in [-0.15, -0.1) is 0 Å². The van der Waals surface area contributed by atoms with Crippen molar-refractivity contribution in [2.75, 3.05) is 0 Å². The maximum absolute atomic E-state index is 10.6. The Morgan fingerprint density at radius 3 is 2.26 bits per heavy atom. The Labute approximate surface area is 128 Å². The number of ether oxygens (including phenoxy) is 1. The van der Waals surface area contributed by atoms with E-state index in [2.05, 4.69) is 14.5 Å². The first-order chi connectivity index (χ1) is 10.9. The Kier molecular flexibility index (Phi) is 9.24. The Morgan fingerprint density at radius 1 is 1.30 bits per heavy atom. The number of carboxylic acid groups (broad SMARTS) is 1. The third-order valence-electron chi connectivity index (χ3n) is 1.79. The first-order valence-electron chi connectivity index (χ1n) is 5.61. The van der Waals surface area contributed by atoms with E-state index >= 15 is 0 Å². The summed E-state index contributed by atoms with van der Waals surface area (Å²) in [5, 5.41) is 39.5. The summed E-state index contributed by atoms with van der Waals surface area (Å²) in [6.07, 6.45) is 2.44. The summed E-state index contributed by atoms with van der Waals surface area (Å²) >= 11 is 0. The van der Waals surface area contributed by atoms with Gasteiger partial charge in [-0.25, -0.2) is 4.79 Å². The topological polar surface area (TPSA) is 182 Å². The molecule has 1 aromatic heterocycles. The number of carboxylic acids is 1. The lowest BCUT2D eigenvalue weighted by molar-refractivity contribution is -0.802. The van der Waals surface area contributed by atoms with Crippen molar-refractivity contribution in [1.29, 1.82) is 0 Å². The van der Waals surface area contributed by atoms with E-state index in [-0.39, 0.29) is 16.2 Å². The van der Waals surface area contributed by atoms with Crippen LogP contribution in [0.2, 0.25) is 0 Å².